The second-order valence-electron chi connectivity index (χ2n) is 9.13. The first kappa shape index (κ1) is 21.6. The first-order valence-electron chi connectivity index (χ1n) is 11.7. The maximum atomic E-state index is 12.4. The van der Waals surface area contributed by atoms with Gasteiger partial charge in [-0.3, -0.25) is 4.79 Å². The van der Waals surface area contributed by atoms with Crippen molar-refractivity contribution in [2.45, 2.75) is 51.7 Å². The molecule has 2 N–H and O–H groups in total. The molecule has 33 heavy (non-hydrogen) atoms. The number of hydrogen-bond donors (Lipinski definition) is 2. The second kappa shape index (κ2) is 8.98. The van der Waals surface area contributed by atoms with E-state index in [4.69, 9.17) is 14.7 Å². The molecule has 3 heterocycles. The van der Waals surface area contributed by atoms with Crippen LogP contribution >= 0.6 is 0 Å². The van der Waals surface area contributed by atoms with Gasteiger partial charge in [0.05, 0.1) is 11.1 Å². The van der Waals surface area contributed by atoms with Crippen LogP contribution in [0.3, 0.4) is 0 Å². The number of hydrogen-bond acceptors (Lipinski definition) is 6. The van der Waals surface area contributed by atoms with Crippen molar-refractivity contribution in [2.24, 2.45) is 0 Å². The number of nitrogens with zero attached hydrogens (tertiary/aromatic N) is 3. The van der Waals surface area contributed by atoms with E-state index in [2.05, 4.69) is 28.4 Å². The number of benzene rings is 2. The Morgan fingerprint density at radius 1 is 1.12 bits per heavy atom. The van der Waals surface area contributed by atoms with Crippen LogP contribution in [0.5, 0.6) is 5.75 Å². The van der Waals surface area contributed by atoms with Crippen molar-refractivity contribution in [1.82, 2.24) is 15.3 Å². The van der Waals surface area contributed by atoms with E-state index in [1.54, 1.807) is 6.07 Å². The SMILES string of the molecule is Cc1ccc2c(N3CCC(NC(=O)C4CCCO4)CC3)nc(-c3c(C)cccc3O)nc2c1. The number of carbonyl (C=O) groups is 1. The maximum Gasteiger partial charge on any atom is 0.249 e. The predicted molar refractivity (Wildman–Crippen MR) is 128 cm³/mol. The molecular weight excluding hydrogens is 416 g/mol. The monoisotopic (exact) mass is 446 g/mol. The van der Waals surface area contributed by atoms with Crippen molar-refractivity contribution in [3.8, 4) is 17.1 Å². The topological polar surface area (TPSA) is 87.6 Å². The van der Waals surface area contributed by atoms with Crippen molar-refractivity contribution < 1.29 is 14.6 Å². The number of phenols is 1. The summed E-state index contributed by atoms with van der Waals surface area (Å²) in [5, 5.41) is 14.7. The van der Waals surface area contributed by atoms with Crippen LogP contribution < -0.4 is 10.2 Å². The number of amides is 1. The summed E-state index contributed by atoms with van der Waals surface area (Å²) in [5.41, 5.74) is 3.60. The molecule has 2 aliphatic heterocycles. The molecule has 0 spiro atoms. The highest BCUT2D eigenvalue weighted by molar-refractivity contribution is 5.92. The van der Waals surface area contributed by atoms with E-state index in [0.29, 0.717) is 18.0 Å². The van der Waals surface area contributed by atoms with Crippen LogP contribution in [0.15, 0.2) is 36.4 Å². The number of carbonyl (C=O) groups excluding carboxylic acids is 1. The van der Waals surface area contributed by atoms with Crippen molar-refractivity contribution >= 4 is 22.6 Å². The molecule has 2 aromatic carbocycles. The smallest absolute Gasteiger partial charge is 0.249 e. The summed E-state index contributed by atoms with van der Waals surface area (Å²) in [6.45, 7) is 6.26. The third kappa shape index (κ3) is 4.37. The van der Waals surface area contributed by atoms with Gasteiger partial charge in [0, 0.05) is 31.1 Å². The third-order valence-corrected chi connectivity index (χ3v) is 6.67. The van der Waals surface area contributed by atoms with Gasteiger partial charge in [-0.2, -0.15) is 0 Å². The quantitative estimate of drug-likeness (QED) is 0.632. The zero-order valence-electron chi connectivity index (χ0n) is 19.2. The fourth-order valence-electron chi connectivity index (χ4n) is 4.83. The molecule has 3 aromatic rings. The Labute approximate surface area is 193 Å². The van der Waals surface area contributed by atoms with Gasteiger partial charge in [-0.1, -0.05) is 18.2 Å². The lowest BCUT2D eigenvalue weighted by Crippen LogP contribution is -2.47. The lowest BCUT2D eigenvalue weighted by molar-refractivity contribution is -0.130. The summed E-state index contributed by atoms with van der Waals surface area (Å²) in [7, 11) is 0. The minimum absolute atomic E-state index is 0.0197. The minimum Gasteiger partial charge on any atom is -0.507 e. The Morgan fingerprint density at radius 3 is 2.67 bits per heavy atom. The molecule has 5 rings (SSSR count). The van der Waals surface area contributed by atoms with E-state index in [9.17, 15) is 9.90 Å². The number of anilines is 1. The van der Waals surface area contributed by atoms with E-state index in [0.717, 1.165) is 66.6 Å². The molecule has 1 atom stereocenters. The van der Waals surface area contributed by atoms with E-state index in [1.165, 1.54) is 0 Å². The van der Waals surface area contributed by atoms with Crippen LogP contribution in [0.1, 0.15) is 36.8 Å². The number of aromatic nitrogens is 2. The summed E-state index contributed by atoms with van der Waals surface area (Å²) in [5.74, 6) is 1.61. The predicted octanol–water partition coefficient (Wildman–Crippen LogP) is 3.88. The molecule has 7 nitrogen and oxygen atoms in total. The van der Waals surface area contributed by atoms with Gasteiger partial charge in [0.2, 0.25) is 5.91 Å². The number of fused-ring (bicyclic) bond motifs is 1. The lowest BCUT2D eigenvalue weighted by atomic mass is 10.0. The highest BCUT2D eigenvalue weighted by Crippen LogP contribution is 2.34. The Kier molecular flexibility index (Phi) is 5.89. The first-order valence-corrected chi connectivity index (χ1v) is 11.7. The zero-order valence-corrected chi connectivity index (χ0v) is 19.2. The highest BCUT2D eigenvalue weighted by atomic mass is 16.5. The molecule has 7 heteroatoms. The number of piperidine rings is 1. The van der Waals surface area contributed by atoms with Crippen LogP contribution in [-0.2, 0) is 9.53 Å². The van der Waals surface area contributed by atoms with Gasteiger partial charge in [-0.25, -0.2) is 9.97 Å². The summed E-state index contributed by atoms with van der Waals surface area (Å²) in [4.78, 5) is 24.5. The number of ether oxygens (including phenoxy) is 1. The van der Waals surface area contributed by atoms with Gasteiger partial charge in [0.1, 0.15) is 17.7 Å². The molecule has 172 valence electrons. The number of nitrogens with one attached hydrogen (secondary N) is 1. The van der Waals surface area contributed by atoms with Gasteiger partial charge < -0.3 is 20.1 Å². The molecular formula is C26H30N4O3. The average Bonchev–Trinajstić information content (AvgIpc) is 3.34. The molecule has 2 aliphatic rings. The van der Waals surface area contributed by atoms with Crippen LogP contribution in [0.25, 0.3) is 22.3 Å². The standard InChI is InChI=1S/C26H30N4O3/c1-16-8-9-19-20(15-16)28-24(23-17(2)5-3-6-21(23)31)29-25(19)30-12-10-18(11-13-30)27-26(32)22-7-4-14-33-22/h3,5-6,8-9,15,18,22,31H,4,7,10-14H2,1-2H3,(H,27,32). The van der Waals surface area contributed by atoms with Crippen molar-refractivity contribution in [1.29, 1.82) is 0 Å². The Hall–Kier alpha value is -3.19. The van der Waals surface area contributed by atoms with E-state index >= 15 is 0 Å². The Morgan fingerprint density at radius 2 is 1.94 bits per heavy atom. The first-order chi connectivity index (χ1) is 16.0. The summed E-state index contributed by atoms with van der Waals surface area (Å²) in [6, 6.07) is 11.8. The molecule has 2 fully saturated rings. The molecule has 0 bridgehead atoms. The number of aryl methyl sites for hydroxylation is 2. The molecule has 0 saturated carbocycles. The fraction of sp³-hybridized carbons (Fsp3) is 0.423. The zero-order chi connectivity index (χ0) is 22.9. The largest absolute Gasteiger partial charge is 0.507 e. The lowest BCUT2D eigenvalue weighted by Gasteiger charge is -2.34. The second-order valence-corrected chi connectivity index (χ2v) is 9.13. The maximum absolute atomic E-state index is 12.4. The van der Waals surface area contributed by atoms with Crippen molar-refractivity contribution in [2.75, 3.05) is 24.6 Å². The molecule has 1 aromatic heterocycles. The Bertz CT molecular complexity index is 1160. The number of phenolic OH excluding ortho intramolecular Hbond substituents is 1. The molecule has 1 unspecified atom stereocenters. The van der Waals surface area contributed by atoms with Gasteiger partial charge in [0.15, 0.2) is 5.82 Å². The third-order valence-electron chi connectivity index (χ3n) is 6.67. The van der Waals surface area contributed by atoms with Gasteiger partial charge in [-0.15, -0.1) is 0 Å². The summed E-state index contributed by atoms with van der Waals surface area (Å²) >= 11 is 0. The van der Waals surface area contributed by atoms with Crippen LogP contribution in [-0.4, -0.2) is 52.8 Å². The number of rotatable bonds is 4. The molecule has 0 aliphatic carbocycles. The van der Waals surface area contributed by atoms with Gasteiger partial charge >= 0.3 is 0 Å². The summed E-state index contributed by atoms with van der Waals surface area (Å²) < 4.78 is 5.52. The summed E-state index contributed by atoms with van der Waals surface area (Å²) in [6.07, 6.45) is 3.17. The molecule has 2 saturated heterocycles. The fourth-order valence-corrected chi connectivity index (χ4v) is 4.83. The van der Waals surface area contributed by atoms with Gasteiger partial charge in [0.25, 0.3) is 0 Å². The number of aromatic hydroxyl groups is 1. The molecule has 0 radical (unpaired) electrons. The van der Waals surface area contributed by atoms with Crippen LogP contribution in [0.4, 0.5) is 5.82 Å². The van der Waals surface area contributed by atoms with E-state index in [1.807, 2.05) is 26.0 Å². The minimum atomic E-state index is -0.290. The molecule has 1 amide bonds. The normalized spacial score (nSPS) is 19.2. The average molecular weight is 447 g/mol. The van der Waals surface area contributed by atoms with Crippen LogP contribution in [0.2, 0.25) is 0 Å². The van der Waals surface area contributed by atoms with E-state index < -0.39 is 0 Å². The van der Waals surface area contributed by atoms with Crippen LogP contribution in [0, 0.1) is 13.8 Å². The van der Waals surface area contributed by atoms with E-state index in [-0.39, 0.29) is 23.8 Å². The van der Waals surface area contributed by atoms with Crippen molar-refractivity contribution in [3.63, 3.8) is 0 Å². The van der Waals surface area contributed by atoms with Crippen molar-refractivity contribution in [3.05, 3.63) is 47.5 Å². The highest BCUT2D eigenvalue weighted by Gasteiger charge is 2.28. The van der Waals surface area contributed by atoms with Gasteiger partial charge in [-0.05, 0) is 68.9 Å². The Balaban J connectivity index is 1.42.